The number of hydrogen-bond donors (Lipinski definition) is 3. The summed E-state index contributed by atoms with van der Waals surface area (Å²) in [7, 11) is -0.778. The molecule has 0 radical (unpaired) electrons. The summed E-state index contributed by atoms with van der Waals surface area (Å²) in [6.45, 7) is 1.88. The number of benzene rings is 2. The molecule has 3 N–H and O–H groups in total. The van der Waals surface area contributed by atoms with Crippen molar-refractivity contribution in [2.24, 2.45) is 0 Å². The maximum absolute atomic E-state index is 12.8. The molecule has 0 saturated carbocycles. The molecule has 0 saturated heterocycles. The highest BCUT2D eigenvalue weighted by atomic mass is 32.2. The Balaban J connectivity index is 1.75. The van der Waals surface area contributed by atoms with E-state index in [1.807, 2.05) is 43.3 Å². The van der Waals surface area contributed by atoms with Gasteiger partial charge in [-0.25, -0.2) is 9.78 Å². The Morgan fingerprint density at radius 1 is 1.05 bits per heavy atom. The predicted octanol–water partition coefficient (Wildman–Crippen LogP) is 3.75. The van der Waals surface area contributed by atoms with Gasteiger partial charge in [-0.3, -0.25) is 4.55 Å². The van der Waals surface area contributed by atoms with Gasteiger partial charge < -0.3 is 19.7 Å². The Morgan fingerprint density at radius 2 is 1.73 bits per heavy atom. The van der Waals surface area contributed by atoms with Crippen LogP contribution in [0.15, 0.2) is 60.7 Å². The fraction of sp³-hybridized carbons (Fsp3) is 0.185. The lowest BCUT2D eigenvalue weighted by Crippen LogP contribution is -2.11. The van der Waals surface area contributed by atoms with Gasteiger partial charge in [0.05, 0.1) is 34.8 Å². The number of anilines is 1. The van der Waals surface area contributed by atoms with Crippen LogP contribution in [0.2, 0.25) is 0 Å². The van der Waals surface area contributed by atoms with Crippen LogP contribution >= 0.6 is 0 Å². The Morgan fingerprint density at radius 3 is 2.38 bits per heavy atom. The van der Waals surface area contributed by atoms with Crippen LogP contribution in [0, 0.1) is 11.8 Å². The maximum Gasteiger partial charge on any atom is 0.338 e. The number of rotatable bonds is 6. The Kier molecular flexibility index (Phi) is 7.31. The number of aromatic amines is 1. The van der Waals surface area contributed by atoms with Crippen LogP contribution in [0.1, 0.15) is 39.5 Å². The number of nitrogens with zero attached hydrogens (tertiary/aromatic N) is 2. The first-order chi connectivity index (χ1) is 17.6. The third kappa shape index (κ3) is 5.81. The van der Waals surface area contributed by atoms with Crippen molar-refractivity contribution >= 4 is 32.7 Å². The average molecular weight is 520 g/mol. The minimum absolute atomic E-state index is 0.138. The highest BCUT2D eigenvalue weighted by molar-refractivity contribution is 7.85. The van der Waals surface area contributed by atoms with Gasteiger partial charge in [0.2, 0.25) is 5.44 Å². The number of esters is 1. The monoisotopic (exact) mass is 519 g/mol. The summed E-state index contributed by atoms with van der Waals surface area (Å²) in [5.74, 6) is 5.69. The van der Waals surface area contributed by atoms with Crippen molar-refractivity contribution in [3.05, 3.63) is 83.0 Å². The van der Waals surface area contributed by atoms with Crippen LogP contribution in [0.5, 0.6) is 0 Å². The molecule has 37 heavy (non-hydrogen) atoms. The smallest absolute Gasteiger partial charge is 0.338 e. The summed E-state index contributed by atoms with van der Waals surface area (Å²) >= 11 is 0. The molecule has 0 amide bonds. The van der Waals surface area contributed by atoms with E-state index in [4.69, 9.17) is 9.29 Å². The second-order valence-electron chi connectivity index (χ2n) is 8.39. The molecule has 4 rings (SSSR count). The quantitative estimate of drug-likeness (QED) is 0.199. The fourth-order valence-electron chi connectivity index (χ4n) is 3.67. The van der Waals surface area contributed by atoms with E-state index < -0.39 is 21.5 Å². The average Bonchev–Trinajstić information content (AvgIpc) is 3.36. The van der Waals surface area contributed by atoms with Crippen LogP contribution in [0.25, 0.3) is 22.3 Å². The number of hydrogen-bond acceptors (Lipinski definition) is 7. The SMILES string of the molecule is CCOC(=O)c1cc(-c2ccc(C(O)S(=O)(=O)O)[nH]2)nc2ccc(C#Cc3ccc(N(C)C)cc3)cc12. The van der Waals surface area contributed by atoms with Gasteiger partial charge in [0.25, 0.3) is 10.1 Å². The molecule has 0 spiro atoms. The van der Waals surface area contributed by atoms with E-state index in [0.717, 1.165) is 11.3 Å². The third-order valence-electron chi connectivity index (χ3n) is 5.57. The zero-order valence-corrected chi connectivity index (χ0v) is 21.2. The second kappa shape index (κ2) is 10.4. The summed E-state index contributed by atoms with van der Waals surface area (Å²) in [4.78, 5) is 22.1. The minimum atomic E-state index is -4.71. The van der Waals surface area contributed by atoms with Gasteiger partial charge in [-0.2, -0.15) is 8.42 Å². The van der Waals surface area contributed by atoms with E-state index in [1.165, 1.54) is 18.2 Å². The highest BCUT2D eigenvalue weighted by Crippen LogP contribution is 2.28. The molecule has 0 aliphatic carbocycles. The molecular weight excluding hydrogens is 494 g/mol. The van der Waals surface area contributed by atoms with Crippen molar-refractivity contribution in [1.29, 1.82) is 0 Å². The van der Waals surface area contributed by atoms with E-state index in [2.05, 4.69) is 21.8 Å². The zero-order valence-electron chi connectivity index (χ0n) is 20.4. The van der Waals surface area contributed by atoms with Crippen LogP contribution in [-0.2, 0) is 14.9 Å². The van der Waals surface area contributed by atoms with Crippen molar-refractivity contribution in [2.45, 2.75) is 12.4 Å². The lowest BCUT2D eigenvalue weighted by Gasteiger charge is -2.11. The number of nitrogens with one attached hydrogen (secondary N) is 1. The van der Waals surface area contributed by atoms with Gasteiger partial charge in [0.15, 0.2) is 0 Å². The second-order valence-corrected chi connectivity index (χ2v) is 9.87. The molecule has 0 bridgehead atoms. The standard InChI is InChI=1S/C27H25N3O6S/c1-4-36-26(31)21-16-25(23-13-14-24(29-23)27(32)37(33,34)35)28-22-12-9-18(15-20(21)22)6-5-17-7-10-19(11-8-17)30(2)3/h7-16,27,29,32H,4H2,1-3H3,(H,33,34,35). The van der Waals surface area contributed by atoms with Gasteiger partial charge in [-0.1, -0.05) is 11.8 Å². The number of aliphatic hydroxyl groups is 1. The molecule has 0 aliphatic rings. The number of pyridine rings is 1. The largest absolute Gasteiger partial charge is 0.462 e. The van der Waals surface area contributed by atoms with Gasteiger partial charge >= 0.3 is 5.97 Å². The minimum Gasteiger partial charge on any atom is -0.462 e. The summed E-state index contributed by atoms with van der Waals surface area (Å²) in [5.41, 5.74) is 1.74. The normalized spacial score (nSPS) is 12.0. The van der Waals surface area contributed by atoms with Crippen molar-refractivity contribution in [3.8, 4) is 23.2 Å². The first kappa shape index (κ1) is 25.9. The summed E-state index contributed by atoms with van der Waals surface area (Å²) in [5, 5.41) is 10.4. The van der Waals surface area contributed by atoms with Crippen molar-refractivity contribution in [2.75, 3.05) is 25.6 Å². The van der Waals surface area contributed by atoms with E-state index in [0.29, 0.717) is 27.9 Å². The number of aromatic nitrogens is 2. The molecule has 190 valence electrons. The first-order valence-electron chi connectivity index (χ1n) is 11.3. The molecule has 1 unspecified atom stereocenters. The molecule has 2 heterocycles. The molecule has 4 aromatic rings. The van der Waals surface area contributed by atoms with E-state index in [9.17, 15) is 18.3 Å². The maximum atomic E-state index is 12.8. The van der Waals surface area contributed by atoms with Gasteiger partial charge in [0, 0.05) is 36.3 Å². The molecule has 10 heteroatoms. The topological polar surface area (TPSA) is 133 Å². The van der Waals surface area contributed by atoms with E-state index >= 15 is 0 Å². The first-order valence-corrected chi connectivity index (χ1v) is 12.8. The zero-order chi connectivity index (χ0) is 26.7. The molecule has 2 aromatic heterocycles. The molecule has 1 atom stereocenters. The molecule has 2 aromatic carbocycles. The number of aliphatic hydroxyl groups excluding tert-OH is 1. The molecule has 0 aliphatic heterocycles. The molecular formula is C27H25N3O6S. The summed E-state index contributed by atoms with van der Waals surface area (Å²) in [6, 6.07) is 17.5. The van der Waals surface area contributed by atoms with Gasteiger partial charge in [-0.05, 0) is 67.6 Å². The number of carbonyl (C=O) groups excluding carboxylic acids is 1. The number of ether oxygens (including phenoxy) is 1. The highest BCUT2D eigenvalue weighted by Gasteiger charge is 2.24. The van der Waals surface area contributed by atoms with Crippen molar-refractivity contribution < 1.29 is 27.6 Å². The van der Waals surface area contributed by atoms with E-state index in [1.54, 1.807) is 25.1 Å². The number of H-pyrrole nitrogens is 1. The molecule has 0 fully saturated rings. The van der Waals surface area contributed by atoms with Crippen LogP contribution in [0.4, 0.5) is 5.69 Å². The third-order valence-corrected chi connectivity index (χ3v) is 6.39. The van der Waals surface area contributed by atoms with Gasteiger partial charge in [-0.15, -0.1) is 0 Å². The van der Waals surface area contributed by atoms with Crippen LogP contribution in [-0.4, -0.2) is 54.7 Å². The van der Waals surface area contributed by atoms with Gasteiger partial charge in [0.1, 0.15) is 0 Å². The Labute approximate surface area is 214 Å². The Hall–Kier alpha value is -4.17. The molecule has 9 nitrogen and oxygen atoms in total. The van der Waals surface area contributed by atoms with Crippen molar-refractivity contribution in [1.82, 2.24) is 9.97 Å². The van der Waals surface area contributed by atoms with Crippen LogP contribution in [0.3, 0.4) is 0 Å². The number of fused-ring (bicyclic) bond motifs is 1. The summed E-state index contributed by atoms with van der Waals surface area (Å²) < 4.78 is 36.9. The lowest BCUT2D eigenvalue weighted by molar-refractivity contribution is 0.0528. The number of carbonyl (C=O) groups is 1. The Bertz CT molecular complexity index is 1630. The van der Waals surface area contributed by atoms with Crippen LogP contribution < -0.4 is 4.90 Å². The fourth-order valence-corrected chi connectivity index (χ4v) is 4.13. The van der Waals surface area contributed by atoms with Crippen molar-refractivity contribution in [3.63, 3.8) is 0 Å². The summed E-state index contributed by atoms with van der Waals surface area (Å²) in [6.07, 6.45) is 0. The van der Waals surface area contributed by atoms with E-state index in [-0.39, 0.29) is 17.9 Å². The lowest BCUT2D eigenvalue weighted by atomic mass is 10.0. The predicted molar refractivity (Wildman–Crippen MR) is 141 cm³/mol.